The second-order valence-corrected chi connectivity index (χ2v) is 7.13. The smallest absolute Gasteiger partial charge is 0.318 e. The monoisotopic (exact) mass is 349 g/mol. The summed E-state index contributed by atoms with van der Waals surface area (Å²) in [6.07, 6.45) is 2.07. The van der Waals surface area contributed by atoms with Crippen molar-refractivity contribution < 1.29 is 4.79 Å². The summed E-state index contributed by atoms with van der Waals surface area (Å²) in [5.74, 6) is 0.839. The molecule has 1 aliphatic heterocycles. The Morgan fingerprint density at radius 2 is 2.09 bits per heavy atom. The molecule has 1 aliphatic rings. The summed E-state index contributed by atoms with van der Waals surface area (Å²) in [6.45, 7) is 4.34. The van der Waals surface area contributed by atoms with Gasteiger partial charge in [-0.1, -0.05) is 11.6 Å². The Morgan fingerprint density at radius 3 is 2.87 bits per heavy atom. The lowest BCUT2D eigenvalue weighted by Gasteiger charge is -2.34. The van der Waals surface area contributed by atoms with Gasteiger partial charge in [0.05, 0.1) is 6.04 Å². The van der Waals surface area contributed by atoms with Gasteiger partial charge in [-0.05, 0) is 43.3 Å². The summed E-state index contributed by atoms with van der Waals surface area (Å²) < 4.78 is 2.21. The lowest BCUT2D eigenvalue weighted by molar-refractivity contribution is 0.163. The molecule has 0 saturated heterocycles. The van der Waals surface area contributed by atoms with Crippen LogP contribution in [0.15, 0.2) is 47.5 Å². The summed E-state index contributed by atoms with van der Waals surface area (Å²) in [7, 11) is 0. The van der Waals surface area contributed by atoms with Gasteiger partial charge in [0, 0.05) is 47.2 Å². The number of rotatable bonds is 4. The van der Waals surface area contributed by atoms with Crippen LogP contribution in [0, 0.1) is 0 Å². The first-order valence-corrected chi connectivity index (χ1v) is 9.09. The number of hydrogen-bond donors (Lipinski definition) is 1. The number of aromatic nitrogens is 1. The second kappa shape index (κ2) is 7.32. The second-order valence-electron chi connectivity index (χ2n) is 5.53. The molecule has 6 heteroatoms. The molecule has 1 N–H and O–H groups in total. The van der Waals surface area contributed by atoms with E-state index in [0.717, 1.165) is 28.8 Å². The molecule has 2 aromatic rings. The van der Waals surface area contributed by atoms with Crippen LogP contribution in [-0.4, -0.2) is 34.3 Å². The van der Waals surface area contributed by atoms with Crippen LogP contribution in [0.4, 0.5) is 4.79 Å². The van der Waals surface area contributed by atoms with Crippen LogP contribution in [0.1, 0.15) is 18.7 Å². The summed E-state index contributed by atoms with van der Waals surface area (Å²) in [4.78, 5) is 15.4. The third-order valence-electron chi connectivity index (χ3n) is 4.06. The van der Waals surface area contributed by atoms with E-state index in [1.54, 1.807) is 11.8 Å². The minimum atomic E-state index is 0.0154. The highest BCUT2D eigenvalue weighted by Crippen LogP contribution is 2.25. The summed E-state index contributed by atoms with van der Waals surface area (Å²) in [5.41, 5.74) is 1.20. The van der Waals surface area contributed by atoms with E-state index in [-0.39, 0.29) is 12.1 Å². The maximum absolute atomic E-state index is 12.4. The number of thioether (sulfide) groups is 1. The van der Waals surface area contributed by atoms with E-state index in [1.807, 2.05) is 35.2 Å². The Bertz CT molecular complexity index is 671. The Kier molecular flexibility index (Phi) is 5.18. The maximum atomic E-state index is 12.4. The molecule has 1 unspecified atom stereocenters. The molecule has 1 aromatic heterocycles. The van der Waals surface area contributed by atoms with E-state index in [0.29, 0.717) is 6.54 Å². The molecule has 4 nitrogen and oxygen atoms in total. The van der Waals surface area contributed by atoms with Crippen molar-refractivity contribution in [1.29, 1.82) is 0 Å². The van der Waals surface area contributed by atoms with Gasteiger partial charge in [0.2, 0.25) is 0 Å². The molecule has 1 atom stereocenters. The van der Waals surface area contributed by atoms with E-state index in [4.69, 9.17) is 11.6 Å². The number of nitrogens with zero attached hydrogens (tertiary/aromatic N) is 2. The van der Waals surface area contributed by atoms with Crippen molar-refractivity contribution in [1.82, 2.24) is 14.8 Å². The first-order valence-electron chi connectivity index (χ1n) is 7.73. The van der Waals surface area contributed by atoms with Gasteiger partial charge in [-0.3, -0.25) is 0 Å². The quantitative estimate of drug-likeness (QED) is 0.668. The number of carbonyl (C=O) groups is 1. The highest BCUT2D eigenvalue weighted by atomic mass is 35.5. The van der Waals surface area contributed by atoms with E-state index in [2.05, 4.69) is 29.1 Å². The van der Waals surface area contributed by atoms with Gasteiger partial charge in [-0.15, -0.1) is 11.8 Å². The number of hydrogen-bond acceptors (Lipinski definition) is 2. The standard InChI is InChI=1S/C17H20ClN3OS/c1-13-16-3-2-9-20(16)10-11-21(13)17(22)19-8-12-23-15-6-4-14(18)5-7-15/h2-7,9,13H,8,10-12H2,1H3,(H,19,22). The molecule has 0 aliphatic carbocycles. The van der Waals surface area contributed by atoms with Crippen LogP contribution >= 0.6 is 23.4 Å². The third-order valence-corrected chi connectivity index (χ3v) is 5.33. The fourth-order valence-corrected chi connectivity index (χ4v) is 3.71. The molecular weight excluding hydrogens is 330 g/mol. The Hall–Kier alpha value is -1.59. The van der Waals surface area contributed by atoms with E-state index in [1.165, 1.54) is 5.69 Å². The number of amides is 2. The van der Waals surface area contributed by atoms with E-state index >= 15 is 0 Å². The fraction of sp³-hybridized carbons (Fsp3) is 0.353. The van der Waals surface area contributed by atoms with Crippen LogP contribution in [0.3, 0.4) is 0 Å². The predicted octanol–water partition coefficient (Wildman–Crippen LogP) is 4.02. The summed E-state index contributed by atoms with van der Waals surface area (Å²) in [5, 5.41) is 3.76. The molecule has 1 aromatic carbocycles. The molecule has 23 heavy (non-hydrogen) atoms. The van der Waals surface area contributed by atoms with Crippen LogP contribution < -0.4 is 5.32 Å². The molecule has 0 spiro atoms. The van der Waals surface area contributed by atoms with Crippen LogP contribution in [0.2, 0.25) is 5.02 Å². The van der Waals surface area contributed by atoms with Gasteiger partial charge >= 0.3 is 6.03 Å². The van der Waals surface area contributed by atoms with E-state index < -0.39 is 0 Å². The minimum Gasteiger partial charge on any atom is -0.348 e. The number of benzene rings is 1. The molecule has 0 saturated carbocycles. The first-order chi connectivity index (χ1) is 11.1. The number of halogens is 1. The topological polar surface area (TPSA) is 37.3 Å². The minimum absolute atomic E-state index is 0.0154. The Labute approximate surface area is 145 Å². The lowest BCUT2D eigenvalue weighted by Crippen LogP contribution is -2.46. The largest absolute Gasteiger partial charge is 0.348 e. The van der Waals surface area contributed by atoms with Crippen molar-refractivity contribution >= 4 is 29.4 Å². The van der Waals surface area contributed by atoms with Gasteiger partial charge in [-0.2, -0.15) is 0 Å². The zero-order valence-corrected chi connectivity index (χ0v) is 14.6. The third kappa shape index (κ3) is 3.85. The molecule has 0 bridgehead atoms. The van der Waals surface area contributed by atoms with Gasteiger partial charge in [0.15, 0.2) is 0 Å². The number of nitrogens with one attached hydrogen (secondary N) is 1. The highest BCUT2D eigenvalue weighted by molar-refractivity contribution is 7.99. The van der Waals surface area contributed by atoms with Crippen molar-refractivity contribution in [3.63, 3.8) is 0 Å². The van der Waals surface area contributed by atoms with Crippen molar-refractivity contribution in [2.24, 2.45) is 0 Å². The average Bonchev–Trinajstić information content (AvgIpc) is 3.03. The lowest BCUT2D eigenvalue weighted by atomic mass is 10.1. The van der Waals surface area contributed by atoms with Gasteiger partial charge < -0.3 is 14.8 Å². The van der Waals surface area contributed by atoms with Crippen LogP contribution in [0.25, 0.3) is 0 Å². The van der Waals surface area contributed by atoms with Crippen molar-refractivity contribution in [3.05, 3.63) is 53.3 Å². The molecule has 2 amide bonds. The van der Waals surface area contributed by atoms with E-state index in [9.17, 15) is 4.79 Å². The number of fused-ring (bicyclic) bond motifs is 1. The van der Waals surface area contributed by atoms with Crippen LogP contribution in [0.5, 0.6) is 0 Å². The van der Waals surface area contributed by atoms with Crippen molar-refractivity contribution in [2.45, 2.75) is 24.4 Å². The summed E-state index contributed by atoms with van der Waals surface area (Å²) >= 11 is 7.58. The molecule has 0 radical (unpaired) electrons. The maximum Gasteiger partial charge on any atom is 0.318 e. The molecule has 3 rings (SSSR count). The van der Waals surface area contributed by atoms with Gasteiger partial charge in [-0.25, -0.2) is 4.79 Å². The molecule has 0 fully saturated rings. The average molecular weight is 350 g/mol. The Morgan fingerprint density at radius 1 is 1.30 bits per heavy atom. The van der Waals surface area contributed by atoms with Gasteiger partial charge in [0.1, 0.15) is 0 Å². The predicted molar refractivity (Wildman–Crippen MR) is 95.1 cm³/mol. The first kappa shape index (κ1) is 16.3. The zero-order valence-electron chi connectivity index (χ0n) is 13.0. The molecule has 2 heterocycles. The summed E-state index contributed by atoms with van der Waals surface area (Å²) in [6, 6.07) is 12.0. The van der Waals surface area contributed by atoms with Crippen LogP contribution in [-0.2, 0) is 6.54 Å². The normalized spacial score (nSPS) is 17.0. The SMILES string of the molecule is CC1c2cccn2CCN1C(=O)NCCSc1ccc(Cl)cc1. The number of carbonyl (C=O) groups excluding carboxylic acids is 1. The molecule has 122 valence electrons. The van der Waals surface area contributed by atoms with Crippen molar-refractivity contribution in [3.8, 4) is 0 Å². The molecular formula is C17H20ClN3OS. The number of urea groups is 1. The zero-order chi connectivity index (χ0) is 16.2. The highest BCUT2D eigenvalue weighted by Gasteiger charge is 2.26. The Balaban J connectivity index is 1.46. The van der Waals surface area contributed by atoms with Crippen molar-refractivity contribution in [2.75, 3.05) is 18.8 Å². The fourth-order valence-electron chi connectivity index (χ4n) is 2.82. The van der Waals surface area contributed by atoms with Gasteiger partial charge in [0.25, 0.3) is 0 Å².